The number of rotatable bonds is 7. The van der Waals surface area contributed by atoms with Crippen molar-refractivity contribution in [2.45, 2.75) is 13.3 Å². The molecule has 2 aromatic rings. The van der Waals surface area contributed by atoms with Gasteiger partial charge in [0.15, 0.2) is 5.78 Å². The molecular formula is C22H26ClN3O3. The molecule has 6 nitrogen and oxygen atoms in total. The third kappa shape index (κ3) is 5.41. The van der Waals surface area contributed by atoms with E-state index < -0.39 is 0 Å². The van der Waals surface area contributed by atoms with Crippen molar-refractivity contribution in [1.82, 2.24) is 4.90 Å². The highest BCUT2D eigenvalue weighted by molar-refractivity contribution is 6.30. The summed E-state index contributed by atoms with van der Waals surface area (Å²) < 4.78 is 5.31. The Morgan fingerprint density at radius 1 is 1.07 bits per heavy atom. The number of halogens is 1. The van der Waals surface area contributed by atoms with Gasteiger partial charge in [-0.1, -0.05) is 11.6 Å². The highest BCUT2D eigenvalue weighted by Crippen LogP contribution is 2.27. The Balaban J connectivity index is 1.46. The van der Waals surface area contributed by atoms with Gasteiger partial charge in [-0.3, -0.25) is 9.59 Å². The summed E-state index contributed by atoms with van der Waals surface area (Å²) in [6.45, 7) is 5.02. The van der Waals surface area contributed by atoms with Crippen molar-refractivity contribution in [1.29, 1.82) is 0 Å². The van der Waals surface area contributed by atoms with Crippen LogP contribution in [0.4, 0.5) is 11.4 Å². The highest BCUT2D eigenvalue weighted by atomic mass is 35.5. The Bertz CT molecular complexity index is 862. The summed E-state index contributed by atoms with van der Waals surface area (Å²) in [5.41, 5.74) is 2.58. The largest absolute Gasteiger partial charge is 0.495 e. The Morgan fingerprint density at radius 3 is 2.38 bits per heavy atom. The summed E-state index contributed by atoms with van der Waals surface area (Å²) in [7, 11) is 1.60. The van der Waals surface area contributed by atoms with Gasteiger partial charge in [0.1, 0.15) is 5.75 Å². The first-order chi connectivity index (χ1) is 14.0. The van der Waals surface area contributed by atoms with Crippen LogP contribution >= 0.6 is 11.6 Å². The average molecular weight is 416 g/mol. The average Bonchev–Trinajstić information content (AvgIpc) is 2.74. The summed E-state index contributed by atoms with van der Waals surface area (Å²) >= 11 is 6.03. The van der Waals surface area contributed by atoms with Crippen LogP contribution in [0.1, 0.15) is 23.7 Å². The van der Waals surface area contributed by atoms with E-state index in [2.05, 4.69) is 10.2 Å². The molecule has 0 bridgehead atoms. The Labute approximate surface area is 176 Å². The second-order valence-electron chi connectivity index (χ2n) is 6.99. The fourth-order valence-electron chi connectivity index (χ4n) is 3.40. The van der Waals surface area contributed by atoms with Gasteiger partial charge < -0.3 is 19.9 Å². The van der Waals surface area contributed by atoms with Crippen molar-refractivity contribution in [2.24, 2.45) is 0 Å². The number of ether oxygens (including phenoxy) is 1. The predicted octanol–water partition coefficient (Wildman–Crippen LogP) is 3.70. The molecular weight excluding hydrogens is 390 g/mol. The van der Waals surface area contributed by atoms with Gasteiger partial charge >= 0.3 is 0 Å². The van der Waals surface area contributed by atoms with Gasteiger partial charge in [0, 0.05) is 55.4 Å². The van der Waals surface area contributed by atoms with Crippen LogP contribution in [0.5, 0.6) is 5.75 Å². The van der Waals surface area contributed by atoms with E-state index in [1.54, 1.807) is 32.2 Å². The van der Waals surface area contributed by atoms with Crippen molar-refractivity contribution < 1.29 is 14.3 Å². The zero-order chi connectivity index (χ0) is 20.8. The van der Waals surface area contributed by atoms with Gasteiger partial charge in [-0.15, -0.1) is 0 Å². The molecule has 0 aromatic heterocycles. The Kier molecular flexibility index (Phi) is 6.99. The van der Waals surface area contributed by atoms with Gasteiger partial charge in [0.2, 0.25) is 5.91 Å². The second-order valence-corrected chi connectivity index (χ2v) is 7.43. The first kappa shape index (κ1) is 21.0. The molecule has 0 spiro atoms. The molecule has 0 atom stereocenters. The summed E-state index contributed by atoms with van der Waals surface area (Å²) in [5.74, 6) is 0.896. The molecule has 1 saturated heterocycles. The SMILES string of the molecule is COc1ccc(Cl)cc1NCCC(=O)N1CCN(c2ccc(C(C)=O)cc2)CC1. The molecule has 7 heteroatoms. The van der Waals surface area contributed by atoms with E-state index in [0.717, 1.165) is 24.5 Å². The lowest BCUT2D eigenvalue weighted by atomic mass is 10.1. The number of hydrogen-bond donors (Lipinski definition) is 1. The van der Waals surface area contributed by atoms with E-state index in [1.165, 1.54) is 0 Å². The maximum Gasteiger partial charge on any atom is 0.224 e. The van der Waals surface area contributed by atoms with Crippen LogP contribution in [0.3, 0.4) is 0 Å². The Hall–Kier alpha value is -2.73. The van der Waals surface area contributed by atoms with Crippen LogP contribution in [-0.4, -0.2) is 56.4 Å². The molecule has 29 heavy (non-hydrogen) atoms. The molecule has 1 heterocycles. The first-order valence-electron chi connectivity index (χ1n) is 9.69. The maximum absolute atomic E-state index is 12.5. The molecule has 1 aliphatic rings. The highest BCUT2D eigenvalue weighted by Gasteiger charge is 2.21. The van der Waals surface area contributed by atoms with E-state index in [4.69, 9.17) is 16.3 Å². The first-order valence-corrected chi connectivity index (χ1v) is 10.1. The van der Waals surface area contributed by atoms with Crippen LogP contribution in [-0.2, 0) is 4.79 Å². The van der Waals surface area contributed by atoms with Gasteiger partial charge in [-0.05, 0) is 49.4 Å². The lowest BCUT2D eigenvalue weighted by Crippen LogP contribution is -2.49. The fraction of sp³-hybridized carbons (Fsp3) is 0.364. The number of methoxy groups -OCH3 is 1. The zero-order valence-electron chi connectivity index (χ0n) is 16.8. The minimum Gasteiger partial charge on any atom is -0.495 e. The van der Waals surface area contributed by atoms with Gasteiger partial charge in [0.05, 0.1) is 12.8 Å². The number of piperazine rings is 1. The quantitative estimate of drug-likeness (QED) is 0.698. The summed E-state index contributed by atoms with van der Waals surface area (Å²) in [6.07, 6.45) is 0.406. The molecule has 0 aliphatic carbocycles. The number of Topliss-reactive ketones (excluding diaryl/α,β-unsaturated/α-hetero) is 1. The van der Waals surface area contributed by atoms with E-state index in [1.807, 2.05) is 29.2 Å². The number of carbonyl (C=O) groups excluding carboxylic acids is 2. The number of nitrogens with zero attached hydrogens (tertiary/aromatic N) is 2. The third-order valence-corrected chi connectivity index (χ3v) is 5.32. The van der Waals surface area contributed by atoms with Crippen LogP contribution < -0.4 is 15.0 Å². The summed E-state index contributed by atoms with van der Waals surface area (Å²) in [5, 5.41) is 3.85. The minimum absolute atomic E-state index is 0.0657. The third-order valence-electron chi connectivity index (χ3n) is 5.09. The molecule has 1 fully saturated rings. The zero-order valence-corrected chi connectivity index (χ0v) is 17.5. The van der Waals surface area contributed by atoms with Crippen molar-refractivity contribution in [3.05, 3.63) is 53.1 Å². The molecule has 1 amide bonds. The van der Waals surface area contributed by atoms with Crippen molar-refractivity contribution in [3.8, 4) is 5.75 Å². The maximum atomic E-state index is 12.5. The van der Waals surface area contributed by atoms with Crippen LogP contribution in [0.25, 0.3) is 0 Å². The normalized spacial score (nSPS) is 13.9. The fourth-order valence-corrected chi connectivity index (χ4v) is 3.57. The van der Waals surface area contributed by atoms with Crippen LogP contribution in [0.2, 0.25) is 5.02 Å². The minimum atomic E-state index is 0.0657. The number of nitrogens with one attached hydrogen (secondary N) is 1. The topological polar surface area (TPSA) is 61.9 Å². The standard InChI is InChI=1S/C22H26ClN3O3/c1-16(27)17-3-6-19(7-4-17)25-11-13-26(14-12-25)22(28)9-10-24-20-15-18(23)5-8-21(20)29-2/h3-8,15,24H,9-14H2,1-2H3. The monoisotopic (exact) mass is 415 g/mol. The summed E-state index contributed by atoms with van der Waals surface area (Å²) in [4.78, 5) is 28.1. The van der Waals surface area contributed by atoms with E-state index in [9.17, 15) is 9.59 Å². The molecule has 0 radical (unpaired) electrons. The predicted molar refractivity (Wildman–Crippen MR) is 116 cm³/mol. The van der Waals surface area contributed by atoms with Gasteiger partial charge in [-0.25, -0.2) is 0 Å². The van der Waals surface area contributed by atoms with E-state index in [-0.39, 0.29) is 11.7 Å². The molecule has 0 unspecified atom stereocenters. The Morgan fingerprint density at radius 2 is 1.76 bits per heavy atom. The lowest BCUT2D eigenvalue weighted by molar-refractivity contribution is -0.131. The molecule has 1 aliphatic heterocycles. The van der Waals surface area contributed by atoms with Crippen molar-refractivity contribution >= 4 is 34.7 Å². The van der Waals surface area contributed by atoms with Crippen molar-refractivity contribution in [2.75, 3.05) is 50.1 Å². The molecule has 2 aromatic carbocycles. The number of hydrogen-bond acceptors (Lipinski definition) is 5. The lowest BCUT2D eigenvalue weighted by Gasteiger charge is -2.36. The number of carbonyl (C=O) groups is 2. The smallest absolute Gasteiger partial charge is 0.224 e. The van der Waals surface area contributed by atoms with Crippen molar-refractivity contribution in [3.63, 3.8) is 0 Å². The van der Waals surface area contributed by atoms with Crippen LogP contribution in [0.15, 0.2) is 42.5 Å². The second kappa shape index (κ2) is 9.65. The summed E-state index contributed by atoms with van der Waals surface area (Å²) in [6, 6.07) is 13.0. The number of benzene rings is 2. The van der Waals surface area contributed by atoms with Crippen LogP contribution in [0, 0.1) is 0 Å². The number of ketones is 1. The molecule has 1 N–H and O–H groups in total. The molecule has 154 valence electrons. The van der Waals surface area contributed by atoms with Gasteiger partial charge in [0.25, 0.3) is 0 Å². The molecule has 0 saturated carbocycles. The van der Waals surface area contributed by atoms with Gasteiger partial charge in [-0.2, -0.15) is 0 Å². The number of anilines is 2. The number of amides is 1. The van der Waals surface area contributed by atoms with E-state index in [0.29, 0.717) is 42.4 Å². The molecule has 3 rings (SSSR count). The van der Waals surface area contributed by atoms with E-state index >= 15 is 0 Å².